The highest BCUT2D eigenvalue weighted by atomic mass is 79.9. The lowest BCUT2D eigenvalue weighted by Crippen LogP contribution is -2.29. The van der Waals surface area contributed by atoms with Gasteiger partial charge in [-0.25, -0.2) is 4.39 Å². The predicted octanol–water partition coefficient (Wildman–Crippen LogP) is 2.73. The van der Waals surface area contributed by atoms with Crippen molar-refractivity contribution in [3.05, 3.63) is 64.1 Å². The summed E-state index contributed by atoms with van der Waals surface area (Å²) in [6.07, 6.45) is 4.01. The number of rotatable bonds is 4. The highest BCUT2D eigenvalue weighted by Gasteiger charge is 2.12. The Balaban J connectivity index is 2.23. The molecule has 1 atom stereocenters. The maximum Gasteiger partial charge on any atom is 0.123 e. The Labute approximate surface area is 113 Å². The standard InChI is InChI=1S/C13H13BrFN3/c14-12-2-1-11(15)7-10(12)8-13(18-16)9-3-5-17-6-4-9/h1-7,13,18H,8,16H2. The summed E-state index contributed by atoms with van der Waals surface area (Å²) in [5.74, 6) is 5.31. The first kappa shape index (κ1) is 13.1. The number of aromatic nitrogens is 1. The number of halogens is 2. The Hall–Kier alpha value is -1.30. The van der Waals surface area contributed by atoms with Gasteiger partial charge in [0.15, 0.2) is 0 Å². The number of hydrogen-bond donors (Lipinski definition) is 2. The molecule has 1 aromatic carbocycles. The van der Waals surface area contributed by atoms with Crippen LogP contribution in [0, 0.1) is 5.82 Å². The fourth-order valence-electron chi connectivity index (χ4n) is 1.79. The van der Waals surface area contributed by atoms with Crippen LogP contribution >= 0.6 is 15.9 Å². The molecule has 1 unspecified atom stereocenters. The first-order chi connectivity index (χ1) is 8.70. The third-order valence-corrected chi connectivity index (χ3v) is 3.52. The zero-order chi connectivity index (χ0) is 13.0. The van der Waals surface area contributed by atoms with Crippen molar-refractivity contribution in [2.45, 2.75) is 12.5 Å². The fraction of sp³-hybridized carbons (Fsp3) is 0.154. The van der Waals surface area contributed by atoms with Gasteiger partial charge in [0.2, 0.25) is 0 Å². The van der Waals surface area contributed by atoms with Crippen LogP contribution in [-0.4, -0.2) is 4.98 Å². The van der Waals surface area contributed by atoms with E-state index >= 15 is 0 Å². The van der Waals surface area contributed by atoms with Crippen molar-refractivity contribution in [2.75, 3.05) is 0 Å². The van der Waals surface area contributed by atoms with Crippen LogP contribution < -0.4 is 11.3 Å². The quantitative estimate of drug-likeness (QED) is 0.674. The molecule has 2 aromatic rings. The van der Waals surface area contributed by atoms with Gasteiger partial charge in [-0.05, 0) is 47.9 Å². The van der Waals surface area contributed by atoms with Crippen LogP contribution in [0.1, 0.15) is 17.2 Å². The van der Waals surface area contributed by atoms with E-state index in [2.05, 4.69) is 26.3 Å². The molecule has 0 amide bonds. The molecule has 0 aliphatic carbocycles. The molecule has 1 aromatic heterocycles. The van der Waals surface area contributed by atoms with Crippen molar-refractivity contribution in [1.29, 1.82) is 0 Å². The second-order valence-corrected chi connectivity index (χ2v) is 4.79. The van der Waals surface area contributed by atoms with Crippen LogP contribution in [-0.2, 0) is 6.42 Å². The molecule has 0 saturated heterocycles. The first-order valence-electron chi connectivity index (χ1n) is 5.50. The SMILES string of the molecule is NNC(Cc1cc(F)ccc1Br)c1ccncc1. The highest BCUT2D eigenvalue weighted by molar-refractivity contribution is 9.10. The smallest absolute Gasteiger partial charge is 0.123 e. The molecule has 3 N–H and O–H groups in total. The maximum atomic E-state index is 13.2. The van der Waals surface area contributed by atoms with E-state index in [1.165, 1.54) is 12.1 Å². The van der Waals surface area contributed by atoms with Crippen molar-refractivity contribution in [3.63, 3.8) is 0 Å². The van der Waals surface area contributed by atoms with Crippen LogP contribution in [0.5, 0.6) is 0 Å². The van der Waals surface area contributed by atoms with Crippen molar-refractivity contribution >= 4 is 15.9 Å². The molecule has 3 nitrogen and oxygen atoms in total. The molecule has 0 spiro atoms. The molecule has 0 fully saturated rings. The minimum Gasteiger partial charge on any atom is -0.271 e. The summed E-state index contributed by atoms with van der Waals surface area (Å²) >= 11 is 3.41. The predicted molar refractivity (Wildman–Crippen MR) is 72.1 cm³/mol. The number of nitrogens with two attached hydrogens (primary N) is 1. The van der Waals surface area contributed by atoms with Crippen LogP contribution in [0.15, 0.2) is 47.2 Å². The first-order valence-corrected chi connectivity index (χ1v) is 6.30. The van der Waals surface area contributed by atoms with Crippen molar-refractivity contribution in [1.82, 2.24) is 10.4 Å². The lowest BCUT2D eigenvalue weighted by atomic mass is 10.0. The van der Waals surface area contributed by atoms with Gasteiger partial charge in [-0.3, -0.25) is 16.3 Å². The van der Waals surface area contributed by atoms with Gasteiger partial charge in [-0.1, -0.05) is 15.9 Å². The van der Waals surface area contributed by atoms with Crippen molar-refractivity contribution in [3.8, 4) is 0 Å². The van der Waals surface area contributed by atoms with Gasteiger partial charge < -0.3 is 0 Å². The molecule has 0 saturated carbocycles. The van der Waals surface area contributed by atoms with Gasteiger partial charge in [-0.15, -0.1) is 0 Å². The van der Waals surface area contributed by atoms with Crippen LogP contribution in [0.4, 0.5) is 4.39 Å². The van der Waals surface area contributed by atoms with Gasteiger partial charge in [0.25, 0.3) is 0 Å². The average Bonchev–Trinajstić information content (AvgIpc) is 2.41. The molecule has 0 aliphatic rings. The summed E-state index contributed by atoms with van der Waals surface area (Å²) in [5, 5.41) is 0. The Bertz CT molecular complexity index is 519. The molecule has 5 heteroatoms. The number of hydrogen-bond acceptors (Lipinski definition) is 3. The maximum absolute atomic E-state index is 13.2. The van der Waals surface area contributed by atoms with E-state index in [4.69, 9.17) is 5.84 Å². The van der Waals surface area contributed by atoms with E-state index < -0.39 is 0 Å². The summed E-state index contributed by atoms with van der Waals surface area (Å²) in [6.45, 7) is 0. The second-order valence-electron chi connectivity index (χ2n) is 3.94. The number of nitrogens with zero attached hydrogens (tertiary/aromatic N) is 1. The zero-order valence-electron chi connectivity index (χ0n) is 9.61. The van der Waals surface area contributed by atoms with E-state index in [0.29, 0.717) is 6.42 Å². The van der Waals surface area contributed by atoms with Gasteiger partial charge in [0.1, 0.15) is 5.82 Å². The molecule has 2 rings (SSSR count). The van der Waals surface area contributed by atoms with E-state index in [1.807, 2.05) is 12.1 Å². The van der Waals surface area contributed by atoms with E-state index in [-0.39, 0.29) is 11.9 Å². The lowest BCUT2D eigenvalue weighted by Gasteiger charge is -2.17. The third kappa shape index (κ3) is 3.13. The molecular formula is C13H13BrFN3. The van der Waals surface area contributed by atoms with Gasteiger partial charge >= 0.3 is 0 Å². The minimum atomic E-state index is -0.251. The topological polar surface area (TPSA) is 50.9 Å². The molecular weight excluding hydrogens is 297 g/mol. The van der Waals surface area contributed by atoms with Crippen LogP contribution in [0.3, 0.4) is 0 Å². The number of nitrogens with one attached hydrogen (secondary N) is 1. The van der Waals surface area contributed by atoms with E-state index in [9.17, 15) is 4.39 Å². The molecule has 18 heavy (non-hydrogen) atoms. The fourth-order valence-corrected chi connectivity index (χ4v) is 2.20. The van der Waals surface area contributed by atoms with Crippen molar-refractivity contribution < 1.29 is 4.39 Å². The van der Waals surface area contributed by atoms with Crippen molar-refractivity contribution in [2.24, 2.45) is 5.84 Å². The Kier molecular flexibility index (Phi) is 4.41. The Morgan fingerprint density at radius 3 is 2.67 bits per heavy atom. The zero-order valence-corrected chi connectivity index (χ0v) is 11.2. The number of pyridine rings is 1. The second kappa shape index (κ2) is 6.04. The molecule has 0 aliphatic heterocycles. The number of hydrazine groups is 1. The Morgan fingerprint density at radius 2 is 2.00 bits per heavy atom. The molecule has 1 heterocycles. The van der Waals surface area contributed by atoms with E-state index in [1.54, 1.807) is 18.5 Å². The summed E-state index contributed by atoms with van der Waals surface area (Å²) in [4.78, 5) is 3.96. The summed E-state index contributed by atoms with van der Waals surface area (Å²) in [6, 6.07) is 8.33. The third-order valence-electron chi connectivity index (χ3n) is 2.74. The largest absolute Gasteiger partial charge is 0.271 e. The minimum absolute atomic E-state index is 0.0777. The highest BCUT2D eigenvalue weighted by Crippen LogP contribution is 2.24. The van der Waals surface area contributed by atoms with Crippen LogP contribution in [0.2, 0.25) is 0 Å². The molecule has 0 bridgehead atoms. The van der Waals surface area contributed by atoms with Gasteiger partial charge in [0.05, 0.1) is 6.04 Å². The van der Waals surface area contributed by atoms with Gasteiger partial charge in [-0.2, -0.15) is 0 Å². The lowest BCUT2D eigenvalue weighted by molar-refractivity contribution is 0.547. The monoisotopic (exact) mass is 309 g/mol. The Morgan fingerprint density at radius 1 is 1.28 bits per heavy atom. The number of benzene rings is 1. The summed E-state index contributed by atoms with van der Waals surface area (Å²) in [5.41, 5.74) is 4.63. The van der Waals surface area contributed by atoms with E-state index in [0.717, 1.165) is 15.6 Å². The summed E-state index contributed by atoms with van der Waals surface area (Å²) in [7, 11) is 0. The molecule has 94 valence electrons. The average molecular weight is 310 g/mol. The van der Waals surface area contributed by atoms with Gasteiger partial charge in [0, 0.05) is 16.9 Å². The van der Waals surface area contributed by atoms with Crippen LogP contribution in [0.25, 0.3) is 0 Å². The molecule has 0 radical (unpaired) electrons. The normalized spacial score (nSPS) is 12.4. The summed E-state index contributed by atoms with van der Waals surface area (Å²) < 4.78 is 14.1.